The number of nitriles is 1. The maximum absolute atomic E-state index is 12.2. The molecule has 2 N–H and O–H groups in total. The Morgan fingerprint density at radius 1 is 1.37 bits per heavy atom. The van der Waals surface area contributed by atoms with Crippen LogP contribution >= 0.6 is 0 Å². The summed E-state index contributed by atoms with van der Waals surface area (Å²) in [6, 6.07) is 8.86. The van der Waals surface area contributed by atoms with Crippen molar-refractivity contribution in [3.63, 3.8) is 0 Å². The van der Waals surface area contributed by atoms with Crippen molar-refractivity contribution in [2.45, 2.75) is 0 Å². The van der Waals surface area contributed by atoms with E-state index in [4.69, 9.17) is 11.0 Å². The Morgan fingerprint density at radius 2 is 2.11 bits per heavy atom. The number of nitrogen functional groups attached to an aromatic ring is 1. The summed E-state index contributed by atoms with van der Waals surface area (Å²) in [6.07, 6.45) is 2.70. The number of nitrogens with zero attached hydrogens (tertiary/aromatic N) is 4. The first-order valence-electron chi connectivity index (χ1n) is 5.48. The molecule has 0 aliphatic rings. The minimum atomic E-state index is -0.373. The number of hydrogen-bond acceptors (Lipinski definition) is 5. The Balaban J connectivity index is 2.37. The number of carbonyl (C=O) groups excluding carboxylic acids is 1. The van der Waals surface area contributed by atoms with Gasteiger partial charge in [-0.05, 0) is 12.1 Å². The van der Waals surface area contributed by atoms with Crippen molar-refractivity contribution in [1.82, 2.24) is 9.97 Å². The van der Waals surface area contributed by atoms with E-state index in [1.807, 2.05) is 6.07 Å². The van der Waals surface area contributed by atoms with Gasteiger partial charge in [0.25, 0.3) is 5.91 Å². The van der Waals surface area contributed by atoms with Crippen LogP contribution in [0.15, 0.2) is 36.7 Å². The second-order valence-corrected chi connectivity index (χ2v) is 3.82. The maximum atomic E-state index is 12.2. The van der Waals surface area contributed by atoms with Gasteiger partial charge in [-0.15, -0.1) is 0 Å². The summed E-state index contributed by atoms with van der Waals surface area (Å²) in [4.78, 5) is 21.3. The summed E-state index contributed by atoms with van der Waals surface area (Å²) in [5.74, 6) is -0.199. The third-order valence-electron chi connectivity index (χ3n) is 2.56. The molecule has 2 aromatic rings. The van der Waals surface area contributed by atoms with Crippen LogP contribution in [-0.2, 0) is 0 Å². The smallest absolute Gasteiger partial charge is 0.278 e. The third-order valence-corrected chi connectivity index (χ3v) is 2.56. The first-order valence-corrected chi connectivity index (χ1v) is 5.48. The molecule has 0 atom stereocenters. The monoisotopic (exact) mass is 253 g/mol. The van der Waals surface area contributed by atoms with Gasteiger partial charge in [0.1, 0.15) is 17.6 Å². The van der Waals surface area contributed by atoms with Crippen LogP contribution in [0, 0.1) is 11.3 Å². The van der Waals surface area contributed by atoms with Crippen molar-refractivity contribution in [3.8, 4) is 6.07 Å². The van der Waals surface area contributed by atoms with E-state index >= 15 is 0 Å². The highest BCUT2D eigenvalue weighted by Crippen LogP contribution is 2.19. The number of anilines is 2. The number of rotatable bonds is 2. The van der Waals surface area contributed by atoms with Crippen molar-refractivity contribution >= 4 is 17.4 Å². The topological polar surface area (TPSA) is 95.9 Å². The Bertz CT molecular complexity index is 662. The van der Waals surface area contributed by atoms with E-state index in [1.165, 1.54) is 17.3 Å². The average Bonchev–Trinajstić information content (AvgIpc) is 2.45. The van der Waals surface area contributed by atoms with E-state index in [2.05, 4.69) is 9.97 Å². The SMILES string of the molecule is CN(C(=O)c1cncc(N)n1)c1ccccc1C#N. The van der Waals surface area contributed by atoms with Crippen molar-refractivity contribution in [2.24, 2.45) is 0 Å². The number of carbonyl (C=O) groups is 1. The zero-order valence-electron chi connectivity index (χ0n) is 10.2. The minimum absolute atomic E-state index is 0.134. The van der Waals surface area contributed by atoms with E-state index in [1.54, 1.807) is 31.3 Å². The summed E-state index contributed by atoms with van der Waals surface area (Å²) < 4.78 is 0. The van der Waals surface area contributed by atoms with E-state index < -0.39 is 0 Å². The van der Waals surface area contributed by atoms with Gasteiger partial charge >= 0.3 is 0 Å². The molecule has 2 rings (SSSR count). The summed E-state index contributed by atoms with van der Waals surface area (Å²) >= 11 is 0. The fourth-order valence-corrected chi connectivity index (χ4v) is 1.63. The van der Waals surface area contributed by atoms with Gasteiger partial charge in [-0.25, -0.2) is 4.98 Å². The second kappa shape index (κ2) is 5.14. The number of amides is 1. The van der Waals surface area contributed by atoms with Gasteiger partial charge in [0.05, 0.1) is 23.6 Å². The molecule has 6 heteroatoms. The molecule has 1 amide bonds. The Kier molecular flexibility index (Phi) is 3.39. The van der Waals surface area contributed by atoms with E-state index in [0.717, 1.165) is 0 Å². The molecule has 0 aliphatic carbocycles. The first kappa shape index (κ1) is 12.5. The molecule has 0 unspecified atom stereocenters. The Hall–Kier alpha value is -2.94. The van der Waals surface area contributed by atoms with Gasteiger partial charge in [-0.1, -0.05) is 12.1 Å². The molecule has 0 fully saturated rings. The van der Waals surface area contributed by atoms with Crippen LogP contribution in [-0.4, -0.2) is 22.9 Å². The molecule has 0 spiro atoms. The van der Waals surface area contributed by atoms with Crippen LogP contribution in [0.3, 0.4) is 0 Å². The van der Waals surface area contributed by atoms with Crippen LogP contribution in [0.25, 0.3) is 0 Å². The predicted molar refractivity (Wildman–Crippen MR) is 70.3 cm³/mol. The van der Waals surface area contributed by atoms with Crippen LogP contribution in [0.2, 0.25) is 0 Å². The van der Waals surface area contributed by atoms with E-state index in [9.17, 15) is 4.79 Å². The number of aromatic nitrogens is 2. The number of hydrogen-bond donors (Lipinski definition) is 1. The first-order chi connectivity index (χ1) is 9.13. The van der Waals surface area contributed by atoms with Crippen molar-refractivity contribution in [3.05, 3.63) is 47.9 Å². The lowest BCUT2D eigenvalue weighted by molar-refractivity contribution is 0.0988. The highest BCUT2D eigenvalue weighted by Gasteiger charge is 2.17. The van der Waals surface area contributed by atoms with E-state index in [0.29, 0.717) is 11.3 Å². The van der Waals surface area contributed by atoms with Gasteiger partial charge in [-0.2, -0.15) is 5.26 Å². The highest BCUT2D eigenvalue weighted by atomic mass is 16.2. The van der Waals surface area contributed by atoms with Gasteiger partial charge in [0, 0.05) is 7.05 Å². The number of para-hydroxylation sites is 1. The minimum Gasteiger partial charge on any atom is -0.382 e. The summed E-state index contributed by atoms with van der Waals surface area (Å²) in [7, 11) is 1.57. The molecule has 0 radical (unpaired) electrons. The molecule has 0 saturated heterocycles. The molecule has 0 aliphatic heterocycles. The van der Waals surface area contributed by atoms with Gasteiger partial charge in [-0.3, -0.25) is 9.78 Å². The second-order valence-electron chi connectivity index (χ2n) is 3.82. The molecule has 1 aromatic heterocycles. The van der Waals surface area contributed by atoms with Crippen molar-refractivity contribution in [1.29, 1.82) is 5.26 Å². The van der Waals surface area contributed by atoms with Gasteiger partial charge < -0.3 is 10.6 Å². The third kappa shape index (κ3) is 2.50. The molecule has 6 nitrogen and oxygen atoms in total. The van der Waals surface area contributed by atoms with Gasteiger partial charge in [0.15, 0.2) is 0 Å². The lowest BCUT2D eigenvalue weighted by atomic mass is 10.1. The summed E-state index contributed by atoms with van der Waals surface area (Å²) in [5, 5.41) is 9.03. The lowest BCUT2D eigenvalue weighted by Crippen LogP contribution is -2.28. The summed E-state index contributed by atoms with van der Waals surface area (Å²) in [6.45, 7) is 0. The van der Waals surface area contributed by atoms with Crippen LogP contribution < -0.4 is 10.6 Å². The Morgan fingerprint density at radius 3 is 2.79 bits per heavy atom. The molecular weight excluding hydrogens is 242 g/mol. The fraction of sp³-hybridized carbons (Fsp3) is 0.0769. The largest absolute Gasteiger partial charge is 0.382 e. The molecular formula is C13H11N5O. The summed E-state index contributed by atoms with van der Waals surface area (Å²) in [5.41, 5.74) is 6.55. The lowest BCUT2D eigenvalue weighted by Gasteiger charge is -2.17. The zero-order chi connectivity index (χ0) is 13.8. The Labute approximate surface area is 110 Å². The van der Waals surface area contributed by atoms with E-state index in [-0.39, 0.29) is 17.4 Å². The highest BCUT2D eigenvalue weighted by molar-refractivity contribution is 6.05. The molecule has 1 aromatic carbocycles. The molecule has 19 heavy (non-hydrogen) atoms. The van der Waals surface area contributed by atoms with Crippen LogP contribution in [0.1, 0.15) is 16.1 Å². The standard InChI is InChI=1S/C13H11N5O/c1-18(11-5-3-2-4-9(11)6-14)13(19)10-7-16-8-12(15)17-10/h2-5,7-8H,1H3,(H2,15,17). The molecule has 1 heterocycles. The number of benzene rings is 1. The van der Waals surface area contributed by atoms with Crippen LogP contribution in [0.4, 0.5) is 11.5 Å². The maximum Gasteiger partial charge on any atom is 0.278 e. The normalized spacial score (nSPS) is 9.68. The molecule has 0 saturated carbocycles. The molecule has 0 bridgehead atoms. The molecule has 94 valence electrons. The predicted octanol–water partition coefficient (Wildman–Crippen LogP) is 1.21. The number of nitrogens with two attached hydrogens (primary N) is 1. The van der Waals surface area contributed by atoms with Crippen molar-refractivity contribution in [2.75, 3.05) is 17.7 Å². The van der Waals surface area contributed by atoms with Crippen LogP contribution in [0.5, 0.6) is 0 Å². The average molecular weight is 253 g/mol. The fourth-order valence-electron chi connectivity index (χ4n) is 1.63. The quantitative estimate of drug-likeness (QED) is 0.867. The van der Waals surface area contributed by atoms with Crippen molar-refractivity contribution < 1.29 is 4.79 Å². The zero-order valence-corrected chi connectivity index (χ0v) is 10.2. The van der Waals surface area contributed by atoms with Gasteiger partial charge in [0.2, 0.25) is 0 Å².